The molecule has 0 atom stereocenters. The molecular weight excluding hydrogens is 1560 g/mol. The summed E-state index contributed by atoms with van der Waals surface area (Å²) in [6, 6.07) is 146. The number of para-hydroxylation sites is 6. The molecule has 592 valence electrons. The number of aromatic nitrogens is 8. The van der Waals surface area contributed by atoms with Gasteiger partial charge in [0.05, 0.1) is 50.1 Å². The summed E-state index contributed by atoms with van der Waals surface area (Å²) >= 11 is 1.82. The van der Waals surface area contributed by atoms with Crippen molar-refractivity contribution in [3.63, 3.8) is 0 Å². The first-order valence-electron chi connectivity index (χ1n) is 42.5. The predicted molar refractivity (Wildman–Crippen MR) is 521 cm³/mol. The van der Waals surface area contributed by atoms with Crippen molar-refractivity contribution in [2.45, 2.75) is 13.8 Å². The molecule has 0 fully saturated rings. The number of hydrogen-bond acceptors (Lipinski definition) is 8. The number of fused-ring (bicyclic) bond motifs is 14. The van der Waals surface area contributed by atoms with Crippen molar-refractivity contribution in [3.8, 4) is 130 Å². The number of furan rings is 2. The van der Waals surface area contributed by atoms with E-state index in [0.29, 0.717) is 23.3 Å². The van der Waals surface area contributed by atoms with Crippen LogP contribution in [0.3, 0.4) is 0 Å². The van der Waals surface area contributed by atoms with Gasteiger partial charge in [-0.25, -0.2) is 24.9 Å². The zero-order valence-electron chi connectivity index (χ0n) is 68.6. The highest BCUT2D eigenvalue weighted by atomic mass is 32.1. The number of hydrogen-bond donors (Lipinski definition) is 0. The fourth-order valence-corrected chi connectivity index (χ4v) is 19.9. The third kappa shape index (κ3) is 12.7. The molecule has 11 heteroatoms. The monoisotopic (exact) mass is 1630 g/mol. The SMILES string of the molecule is Cc1cc2c(-c3nc(-c4ccccc4)nc(-c4ccccc4)n3)ccc(-c3ccc4c(c3)c3ccccc3n4-c3ccc(-c4cccc5c6ccccc6n(-c6ccccc6)c45)cc3)c2s1.Cc1cc2cc(-c3ccc4c(c3)c3ccccc3n4-c3ccc(-c4cccc5oc6ccccc6c45)cc3)cc(-c3nc(-c4ccccc4)cc(-c4ccccc4)n3)c2o1. The Morgan fingerprint density at radius 1 is 0.238 bits per heavy atom. The summed E-state index contributed by atoms with van der Waals surface area (Å²) in [5.74, 6) is 3.44. The lowest BCUT2D eigenvalue weighted by atomic mass is 9.98. The van der Waals surface area contributed by atoms with Crippen LogP contribution >= 0.6 is 11.3 Å². The predicted octanol–water partition coefficient (Wildman–Crippen LogP) is 30.8. The Morgan fingerprint density at radius 2 is 0.683 bits per heavy atom. The van der Waals surface area contributed by atoms with E-state index in [4.69, 9.17) is 33.8 Å². The van der Waals surface area contributed by atoms with E-state index in [2.05, 4.69) is 342 Å². The lowest BCUT2D eigenvalue weighted by Gasteiger charge is -2.13. The minimum Gasteiger partial charge on any atom is -0.461 e. The normalized spacial score (nSPS) is 11.7. The van der Waals surface area contributed by atoms with E-state index in [0.717, 1.165) is 139 Å². The summed E-state index contributed by atoms with van der Waals surface area (Å²) < 4.78 is 21.0. The molecule has 17 aromatic carbocycles. The Hall–Kier alpha value is -16.5. The van der Waals surface area contributed by atoms with Gasteiger partial charge in [0.2, 0.25) is 0 Å². The Bertz CT molecular complexity index is 8470. The summed E-state index contributed by atoms with van der Waals surface area (Å²) in [5.41, 5.74) is 29.8. The van der Waals surface area contributed by atoms with Crippen molar-refractivity contribution in [2.75, 3.05) is 0 Å². The summed E-state index contributed by atoms with van der Waals surface area (Å²) in [6.45, 7) is 4.18. The molecule has 10 nitrogen and oxygen atoms in total. The largest absolute Gasteiger partial charge is 0.461 e. The second-order valence-corrected chi connectivity index (χ2v) is 33.5. The molecule has 0 spiro atoms. The average molecular weight is 1630 g/mol. The Morgan fingerprint density at radius 3 is 1.29 bits per heavy atom. The molecule has 8 aromatic heterocycles. The number of benzene rings is 17. The van der Waals surface area contributed by atoms with Crippen LogP contribution in [0.4, 0.5) is 0 Å². The second kappa shape index (κ2) is 30.3. The van der Waals surface area contributed by atoms with Gasteiger partial charge in [0.1, 0.15) is 22.5 Å². The minimum absolute atomic E-state index is 0.620. The lowest BCUT2D eigenvalue weighted by molar-refractivity contribution is 0.579. The zero-order chi connectivity index (χ0) is 83.5. The molecule has 8 heterocycles. The van der Waals surface area contributed by atoms with Gasteiger partial charge in [0, 0.05) is 114 Å². The molecule has 0 bridgehead atoms. The van der Waals surface area contributed by atoms with Gasteiger partial charge in [-0.05, 0) is 180 Å². The molecule has 25 aromatic rings. The van der Waals surface area contributed by atoms with Crippen LogP contribution in [0, 0.1) is 13.8 Å². The summed E-state index contributed by atoms with van der Waals surface area (Å²) in [4.78, 5) is 26.8. The van der Waals surface area contributed by atoms with Crippen LogP contribution in [-0.4, -0.2) is 38.6 Å². The maximum Gasteiger partial charge on any atom is 0.164 e. The maximum absolute atomic E-state index is 6.40. The van der Waals surface area contributed by atoms with Gasteiger partial charge in [-0.3, -0.25) is 0 Å². The lowest BCUT2D eigenvalue weighted by Crippen LogP contribution is -2.00. The fourth-order valence-electron chi connectivity index (χ4n) is 18.8. The molecule has 0 aliphatic heterocycles. The highest BCUT2D eigenvalue weighted by Gasteiger charge is 2.25. The third-order valence-electron chi connectivity index (χ3n) is 24.6. The minimum atomic E-state index is 0.620. The van der Waals surface area contributed by atoms with Crippen LogP contribution in [0.2, 0.25) is 0 Å². The van der Waals surface area contributed by atoms with Gasteiger partial charge in [0.15, 0.2) is 23.3 Å². The number of thiophene rings is 1. The first-order valence-corrected chi connectivity index (χ1v) is 43.3. The second-order valence-electron chi connectivity index (χ2n) is 32.2. The highest BCUT2D eigenvalue weighted by Crippen LogP contribution is 2.47. The molecule has 25 rings (SSSR count). The fraction of sp³-hybridized carbons (Fsp3) is 0.0174. The molecule has 0 saturated carbocycles. The maximum atomic E-state index is 6.40. The van der Waals surface area contributed by atoms with Crippen LogP contribution < -0.4 is 0 Å². The highest BCUT2D eigenvalue weighted by molar-refractivity contribution is 7.19. The van der Waals surface area contributed by atoms with Gasteiger partial charge in [-0.1, -0.05) is 285 Å². The van der Waals surface area contributed by atoms with Crippen molar-refractivity contribution < 1.29 is 8.83 Å². The van der Waals surface area contributed by atoms with Gasteiger partial charge >= 0.3 is 0 Å². The van der Waals surface area contributed by atoms with Crippen LogP contribution in [0.1, 0.15) is 10.6 Å². The molecule has 0 saturated heterocycles. The first kappa shape index (κ1) is 73.5. The van der Waals surface area contributed by atoms with Crippen LogP contribution in [0.25, 0.3) is 238 Å². The van der Waals surface area contributed by atoms with Crippen LogP contribution in [0.15, 0.2) is 421 Å². The van der Waals surface area contributed by atoms with E-state index >= 15 is 0 Å². The molecule has 0 aliphatic carbocycles. The Kier molecular flexibility index (Phi) is 17.7. The number of aryl methyl sites for hydroxylation is 2. The van der Waals surface area contributed by atoms with Crippen molar-refractivity contribution in [3.05, 3.63) is 423 Å². The van der Waals surface area contributed by atoms with Crippen molar-refractivity contribution in [1.29, 1.82) is 0 Å². The van der Waals surface area contributed by atoms with Gasteiger partial charge < -0.3 is 22.5 Å². The quantitative estimate of drug-likeness (QED) is 0.113. The van der Waals surface area contributed by atoms with E-state index in [-0.39, 0.29) is 0 Å². The van der Waals surface area contributed by atoms with Gasteiger partial charge in [0.25, 0.3) is 0 Å². The van der Waals surface area contributed by atoms with E-state index in [1.54, 1.807) is 0 Å². The molecule has 0 radical (unpaired) electrons. The Labute approximate surface area is 728 Å². The topological polar surface area (TPSA) is 106 Å². The third-order valence-corrected chi connectivity index (χ3v) is 25.7. The van der Waals surface area contributed by atoms with E-state index < -0.39 is 0 Å². The van der Waals surface area contributed by atoms with Crippen molar-refractivity contribution in [1.82, 2.24) is 38.6 Å². The Balaban J connectivity index is 0.000000142. The molecule has 0 amide bonds. The number of nitrogens with zero attached hydrogens (tertiary/aromatic N) is 8. The molecule has 0 N–H and O–H groups in total. The van der Waals surface area contributed by atoms with E-state index in [1.165, 1.54) is 86.2 Å². The summed E-state index contributed by atoms with van der Waals surface area (Å²) in [5, 5.41) is 11.7. The van der Waals surface area contributed by atoms with Gasteiger partial charge in [-0.2, -0.15) is 0 Å². The molecule has 0 aliphatic rings. The number of rotatable bonds is 13. The van der Waals surface area contributed by atoms with Crippen molar-refractivity contribution >= 4 is 120 Å². The summed E-state index contributed by atoms with van der Waals surface area (Å²) in [6.07, 6.45) is 0. The standard InChI is InChI=1S/C60H39N5S.C55H35N3O2/c1-38-36-52-50(60-62-58(40-16-5-2-6-17-40)61-59(63-60)41-18-7-3-8-19-41)34-33-46(57(52)66-38)42-30-35-55-51(37-42)48-23-12-13-26-53(48)64(55)44-31-28-39(29-32-44)45-24-15-25-49-47-22-11-14-27-54(47)65(56(45)49)43-20-9-4-10-21-43;1-34-29-40-30-39(32-46(54(40)59-34)55-56-47(36-13-4-2-5-14-36)33-48(57-55)37-15-6-3-7-16-37)38-25-28-50-45(31-38)43-17-8-10-20-49(43)58(50)41-26-23-35(24-27-41)42-19-12-22-52-53(42)44-18-9-11-21-51(44)60-52/h2-37H,1H3;2-33H,1H3. The zero-order valence-corrected chi connectivity index (χ0v) is 69.4. The average Bonchev–Trinajstić information content (AvgIpc) is 1.58. The molecule has 126 heavy (non-hydrogen) atoms. The van der Waals surface area contributed by atoms with Crippen LogP contribution in [0.5, 0.6) is 0 Å². The van der Waals surface area contributed by atoms with E-state index in [9.17, 15) is 0 Å². The summed E-state index contributed by atoms with van der Waals surface area (Å²) in [7, 11) is 0. The molecule has 0 unspecified atom stereocenters. The van der Waals surface area contributed by atoms with E-state index in [1.807, 2.05) is 109 Å². The smallest absolute Gasteiger partial charge is 0.164 e. The van der Waals surface area contributed by atoms with Crippen LogP contribution in [-0.2, 0) is 0 Å². The first-order chi connectivity index (χ1) is 62.3. The van der Waals surface area contributed by atoms with Gasteiger partial charge in [-0.15, -0.1) is 11.3 Å². The molecular formula is C115H74N8O2S. The van der Waals surface area contributed by atoms with Crippen molar-refractivity contribution in [2.24, 2.45) is 0 Å².